The second-order valence-electron chi connectivity index (χ2n) is 2.22. The molecule has 1 heterocycles. The van der Waals surface area contributed by atoms with Gasteiger partial charge in [0.15, 0.2) is 0 Å². The number of thioether (sulfide) groups is 1. The summed E-state index contributed by atoms with van der Waals surface area (Å²) in [6, 6.07) is 0. The zero-order chi connectivity index (χ0) is 9.19. The van der Waals surface area contributed by atoms with Crippen molar-refractivity contribution in [1.29, 1.82) is 0 Å². The Morgan fingerprint density at radius 2 is 2.08 bits per heavy atom. The summed E-state index contributed by atoms with van der Waals surface area (Å²) in [5, 5.41) is 6.16. The maximum atomic E-state index is 11.7. The average molecular weight is 235 g/mol. The van der Waals surface area contributed by atoms with E-state index in [1.54, 1.807) is 6.92 Å². The van der Waals surface area contributed by atoms with Crippen LogP contribution in [0.15, 0.2) is 5.16 Å². The van der Waals surface area contributed by atoms with Gasteiger partial charge in [0.1, 0.15) is 5.82 Å². The summed E-state index contributed by atoms with van der Waals surface area (Å²) in [5.41, 5.74) is -0.892. The fourth-order valence-corrected chi connectivity index (χ4v) is 1.21. The molecule has 9 heteroatoms. The van der Waals surface area contributed by atoms with Gasteiger partial charge in [-0.3, -0.25) is 5.10 Å². The quantitative estimate of drug-likeness (QED) is 0.517. The van der Waals surface area contributed by atoms with E-state index in [4.69, 9.17) is 0 Å². The van der Waals surface area contributed by atoms with Crippen molar-refractivity contribution in [3.63, 3.8) is 0 Å². The number of hydrogen-bond acceptors (Lipinski definition) is 3. The largest absolute Gasteiger partial charge is 1.00 e. The van der Waals surface area contributed by atoms with E-state index < -0.39 is 12.6 Å². The Kier molecular flexibility index (Phi) is 6.20. The molecule has 0 saturated heterocycles. The summed E-state index contributed by atoms with van der Waals surface area (Å²) in [6.07, 6.45) is 0. The van der Waals surface area contributed by atoms with Gasteiger partial charge in [0, 0.05) is 0 Å². The number of nitrogens with zero attached hydrogens (tertiary/aromatic N) is 2. The van der Waals surface area contributed by atoms with Gasteiger partial charge in [-0.05, 0) is 12.6 Å². The number of aromatic nitrogens is 3. The van der Waals surface area contributed by atoms with Crippen LogP contribution in [-0.4, -0.2) is 27.8 Å². The molecule has 3 nitrogen and oxygen atoms in total. The SMILES string of the molecule is Cc1nc(SC[B-](F)(F)F)n[nH]1.[K+]. The van der Waals surface area contributed by atoms with E-state index >= 15 is 0 Å². The Bertz CT molecular complexity index is 265. The van der Waals surface area contributed by atoms with Crippen LogP contribution in [0.5, 0.6) is 0 Å². The summed E-state index contributed by atoms with van der Waals surface area (Å²) in [4.78, 5) is 3.72. The van der Waals surface area contributed by atoms with Crippen LogP contribution in [-0.2, 0) is 0 Å². The van der Waals surface area contributed by atoms with Gasteiger partial charge in [-0.1, -0.05) is 0 Å². The minimum atomic E-state index is -4.75. The van der Waals surface area contributed by atoms with Gasteiger partial charge in [0.05, 0.1) is 0 Å². The molecule has 0 saturated carbocycles. The van der Waals surface area contributed by atoms with E-state index in [9.17, 15) is 12.9 Å². The Morgan fingerprint density at radius 1 is 1.46 bits per heavy atom. The molecule has 1 aromatic rings. The van der Waals surface area contributed by atoms with E-state index in [1.165, 1.54) is 0 Å². The molecule has 1 N–H and O–H groups in total. The van der Waals surface area contributed by atoms with E-state index in [2.05, 4.69) is 15.2 Å². The van der Waals surface area contributed by atoms with Crippen molar-refractivity contribution in [1.82, 2.24) is 15.2 Å². The summed E-state index contributed by atoms with van der Waals surface area (Å²) >= 11 is 0.597. The summed E-state index contributed by atoms with van der Waals surface area (Å²) in [7, 11) is 0. The van der Waals surface area contributed by atoms with Crippen LogP contribution in [0, 0.1) is 6.92 Å². The third-order valence-corrected chi connectivity index (χ3v) is 1.96. The van der Waals surface area contributed by atoms with Gasteiger partial charge in [0.25, 0.3) is 0 Å². The van der Waals surface area contributed by atoms with E-state index in [0.717, 1.165) is 0 Å². The van der Waals surface area contributed by atoms with E-state index in [0.29, 0.717) is 17.6 Å². The van der Waals surface area contributed by atoms with Gasteiger partial charge in [-0.25, -0.2) is 4.98 Å². The molecule has 0 bridgehead atoms. The predicted octanol–water partition coefficient (Wildman–Crippen LogP) is -1.40. The van der Waals surface area contributed by atoms with Gasteiger partial charge < -0.3 is 12.9 Å². The molecule has 0 aliphatic rings. The molecule has 13 heavy (non-hydrogen) atoms. The molecule has 1 aromatic heterocycles. The molecule has 0 unspecified atom stereocenters. The van der Waals surface area contributed by atoms with Crippen LogP contribution >= 0.6 is 11.8 Å². The average Bonchev–Trinajstić information content (AvgIpc) is 2.30. The number of hydrogen-bond donors (Lipinski definition) is 1. The summed E-state index contributed by atoms with van der Waals surface area (Å²) < 4.78 is 35.2. The molecular formula is C4H6BF3KN3S. The fourth-order valence-electron chi connectivity index (χ4n) is 0.556. The topological polar surface area (TPSA) is 41.6 Å². The van der Waals surface area contributed by atoms with Crippen molar-refractivity contribution in [2.24, 2.45) is 0 Å². The summed E-state index contributed by atoms with van der Waals surface area (Å²) in [5.74, 6) is 0.521. The van der Waals surface area contributed by atoms with Crippen molar-refractivity contribution in [2.45, 2.75) is 12.1 Å². The minimum absolute atomic E-state index is 0. The molecule has 1 rings (SSSR count). The number of aromatic amines is 1. The van der Waals surface area contributed by atoms with Crippen LogP contribution in [0.2, 0.25) is 0 Å². The Hall–Kier alpha value is 0.981. The van der Waals surface area contributed by atoms with Crippen LogP contribution in [0.1, 0.15) is 5.82 Å². The molecule has 0 aliphatic heterocycles. The fraction of sp³-hybridized carbons (Fsp3) is 0.500. The molecule has 0 aliphatic carbocycles. The third kappa shape index (κ3) is 6.13. The molecule has 0 amide bonds. The molecule has 0 radical (unpaired) electrons. The van der Waals surface area contributed by atoms with E-state index in [-0.39, 0.29) is 56.5 Å². The Morgan fingerprint density at radius 3 is 2.46 bits per heavy atom. The van der Waals surface area contributed by atoms with Crippen LogP contribution in [0.4, 0.5) is 12.9 Å². The van der Waals surface area contributed by atoms with Gasteiger partial charge in [-0.15, -0.1) is 16.9 Å². The molecule has 0 fully saturated rings. The number of H-pyrrole nitrogens is 1. The first kappa shape index (κ1) is 14.0. The zero-order valence-electron chi connectivity index (χ0n) is 7.22. The van der Waals surface area contributed by atoms with Crippen LogP contribution in [0.25, 0.3) is 0 Å². The second-order valence-corrected chi connectivity index (χ2v) is 3.21. The standard InChI is InChI=1S/C4H6BF3N3S.K/c1-3-9-4(11-10-3)12-2-5(6,7)8;/h2H2,1H3,(H,9,10,11);/q-1;+1. The second kappa shape index (κ2) is 5.76. The van der Waals surface area contributed by atoms with Gasteiger partial charge in [-0.2, -0.15) is 0 Å². The molecule has 0 spiro atoms. The number of aryl methyl sites for hydroxylation is 1. The first-order chi connectivity index (χ1) is 5.47. The van der Waals surface area contributed by atoms with Crippen molar-refractivity contribution < 1.29 is 64.3 Å². The van der Waals surface area contributed by atoms with E-state index in [1.807, 2.05) is 0 Å². The van der Waals surface area contributed by atoms with Crippen molar-refractivity contribution in [2.75, 3.05) is 5.65 Å². The normalized spacial score (nSPS) is 11.1. The van der Waals surface area contributed by atoms with Crippen molar-refractivity contribution in [3.8, 4) is 0 Å². The third-order valence-electron chi connectivity index (χ3n) is 0.978. The molecule has 68 valence electrons. The minimum Gasteiger partial charge on any atom is -0.448 e. The number of halogens is 3. The first-order valence-electron chi connectivity index (χ1n) is 3.20. The number of rotatable bonds is 3. The smallest absolute Gasteiger partial charge is 0.448 e. The maximum absolute atomic E-state index is 11.7. The molecule has 0 aromatic carbocycles. The monoisotopic (exact) mass is 235 g/mol. The molecular weight excluding hydrogens is 229 g/mol. The predicted molar refractivity (Wildman–Crippen MR) is 40.9 cm³/mol. The first-order valence-corrected chi connectivity index (χ1v) is 4.19. The van der Waals surface area contributed by atoms with Crippen molar-refractivity contribution in [3.05, 3.63) is 5.82 Å². The Balaban J connectivity index is 0.00000144. The maximum Gasteiger partial charge on any atom is 1.00 e. The summed E-state index contributed by atoms with van der Waals surface area (Å²) in [6.45, 7) is -3.12. The van der Waals surface area contributed by atoms with Crippen LogP contribution in [0.3, 0.4) is 0 Å². The number of nitrogens with one attached hydrogen (secondary N) is 1. The van der Waals surface area contributed by atoms with Crippen molar-refractivity contribution >= 4 is 18.7 Å². The Labute approximate surface area is 120 Å². The van der Waals surface area contributed by atoms with Gasteiger partial charge in [0.2, 0.25) is 5.16 Å². The van der Waals surface area contributed by atoms with Crippen LogP contribution < -0.4 is 51.4 Å². The van der Waals surface area contributed by atoms with Gasteiger partial charge >= 0.3 is 58.4 Å². The zero-order valence-corrected chi connectivity index (χ0v) is 11.2. The molecule has 0 atom stereocenters.